The van der Waals surface area contributed by atoms with Gasteiger partial charge in [0.2, 0.25) is 5.89 Å². The van der Waals surface area contributed by atoms with Crippen LogP contribution in [0.3, 0.4) is 0 Å². The van der Waals surface area contributed by atoms with Gasteiger partial charge in [0.25, 0.3) is 11.6 Å². The fourth-order valence-electron chi connectivity index (χ4n) is 3.41. The zero-order chi connectivity index (χ0) is 24.2. The minimum atomic E-state index is -0.642. The Hall–Kier alpha value is -4.11. The van der Waals surface area contributed by atoms with Crippen molar-refractivity contribution in [1.82, 2.24) is 15.6 Å². The summed E-state index contributed by atoms with van der Waals surface area (Å²) in [6.07, 6.45) is 0. The number of carbonyl (C=O) groups excluding carboxylic acids is 1. The molecule has 0 spiro atoms. The van der Waals surface area contributed by atoms with Crippen molar-refractivity contribution in [3.8, 4) is 11.5 Å². The molecule has 0 atom stereocenters. The van der Waals surface area contributed by atoms with Crippen molar-refractivity contribution in [2.24, 2.45) is 0 Å². The molecule has 9 heteroatoms. The van der Waals surface area contributed by atoms with Gasteiger partial charge in [-0.15, -0.1) is 0 Å². The van der Waals surface area contributed by atoms with E-state index in [-0.39, 0.29) is 16.4 Å². The van der Waals surface area contributed by atoms with Crippen molar-refractivity contribution in [1.29, 1.82) is 0 Å². The van der Waals surface area contributed by atoms with Crippen LogP contribution in [0.25, 0.3) is 22.6 Å². The van der Waals surface area contributed by atoms with E-state index in [2.05, 4.69) is 29.5 Å². The number of rotatable bonds is 6. The molecule has 2 N–H and O–H groups in total. The van der Waals surface area contributed by atoms with Crippen LogP contribution in [0.4, 0.5) is 5.69 Å². The zero-order valence-corrected chi connectivity index (χ0v) is 19.4. The number of benzene rings is 3. The number of hydrogen-bond donors (Lipinski definition) is 2. The van der Waals surface area contributed by atoms with Gasteiger partial charge in [0.05, 0.1) is 4.92 Å². The first-order valence-electron chi connectivity index (χ1n) is 10.6. The van der Waals surface area contributed by atoms with Gasteiger partial charge in [-0.1, -0.05) is 44.2 Å². The highest BCUT2D eigenvalue weighted by Gasteiger charge is 2.19. The third-order valence-electron chi connectivity index (χ3n) is 5.30. The molecule has 0 saturated heterocycles. The van der Waals surface area contributed by atoms with Crippen molar-refractivity contribution in [3.63, 3.8) is 0 Å². The Morgan fingerprint density at radius 2 is 1.85 bits per heavy atom. The Kier molecular flexibility index (Phi) is 6.65. The van der Waals surface area contributed by atoms with E-state index >= 15 is 0 Å². The van der Waals surface area contributed by atoms with Crippen LogP contribution in [0.1, 0.15) is 41.3 Å². The second-order valence-corrected chi connectivity index (χ2v) is 8.42. The van der Waals surface area contributed by atoms with E-state index in [1.165, 1.54) is 23.8 Å². The number of aromatic nitrogens is 1. The van der Waals surface area contributed by atoms with Gasteiger partial charge in [-0.25, -0.2) is 4.98 Å². The number of hydrogen-bond acceptors (Lipinski definition) is 6. The molecule has 0 bridgehead atoms. The number of nitrogens with one attached hydrogen (secondary N) is 2. The molecular formula is C25H22N4O4S. The van der Waals surface area contributed by atoms with E-state index in [1.807, 2.05) is 42.5 Å². The van der Waals surface area contributed by atoms with Gasteiger partial charge >= 0.3 is 0 Å². The maximum absolute atomic E-state index is 12.4. The number of nitro groups is 1. The summed E-state index contributed by atoms with van der Waals surface area (Å²) in [6.45, 7) is 4.64. The number of para-hydroxylation sites is 1. The predicted molar refractivity (Wildman–Crippen MR) is 134 cm³/mol. The number of carbonyl (C=O) groups is 1. The van der Waals surface area contributed by atoms with E-state index in [9.17, 15) is 14.9 Å². The van der Waals surface area contributed by atoms with Crippen LogP contribution in [0.2, 0.25) is 0 Å². The van der Waals surface area contributed by atoms with Crippen LogP contribution in [0.5, 0.6) is 0 Å². The van der Waals surface area contributed by atoms with Gasteiger partial charge in [0.15, 0.2) is 10.7 Å². The van der Waals surface area contributed by atoms with Crippen molar-refractivity contribution in [3.05, 3.63) is 93.5 Å². The fraction of sp³-hybridized carbons (Fsp3) is 0.160. The van der Waals surface area contributed by atoms with Crippen molar-refractivity contribution < 1.29 is 14.1 Å². The Labute approximate surface area is 201 Å². The number of oxazole rings is 1. The first kappa shape index (κ1) is 23.1. The zero-order valence-electron chi connectivity index (χ0n) is 18.6. The van der Waals surface area contributed by atoms with Gasteiger partial charge in [0.1, 0.15) is 11.1 Å². The SMILES string of the molecule is CC(C)c1ccc2oc(-c3ccc(CNC(=S)NC(=O)c4ccccc4[N+](=O)[O-])cc3)nc2c1. The molecule has 34 heavy (non-hydrogen) atoms. The van der Waals surface area contributed by atoms with Crippen LogP contribution in [-0.4, -0.2) is 20.9 Å². The van der Waals surface area contributed by atoms with Crippen LogP contribution in [-0.2, 0) is 6.54 Å². The molecule has 0 aliphatic heterocycles. The third kappa shape index (κ3) is 5.10. The molecule has 0 aliphatic rings. The lowest BCUT2D eigenvalue weighted by molar-refractivity contribution is -0.385. The minimum absolute atomic E-state index is 0.0557. The molecular weight excluding hydrogens is 452 g/mol. The monoisotopic (exact) mass is 474 g/mol. The predicted octanol–water partition coefficient (Wildman–Crippen LogP) is 5.33. The maximum Gasteiger partial charge on any atom is 0.282 e. The molecule has 0 unspecified atom stereocenters. The molecule has 1 aromatic heterocycles. The standard InChI is InChI=1S/C25H22N4O4S/c1-15(2)18-11-12-22-20(13-18)27-24(33-22)17-9-7-16(8-10-17)14-26-25(34)28-23(30)19-5-3-4-6-21(19)29(31)32/h3-13,15H,14H2,1-2H3,(H2,26,28,30,34). The topological polar surface area (TPSA) is 110 Å². The lowest BCUT2D eigenvalue weighted by Crippen LogP contribution is -2.39. The molecule has 172 valence electrons. The van der Waals surface area contributed by atoms with E-state index in [4.69, 9.17) is 16.6 Å². The average molecular weight is 475 g/mol. The first-order chi connectivity index (χ1) is 16.3. The molecule has 0 fully saturated rings. The van der Waals surface area contributed by atoms with Gasteiger partial charge < -0.3 is 9.73 Å². The van der Waals surface area contributed by atoms with Crippen LogP contribution < -0.4 is 10.6 Å². The molecule has 1 heterocycles. The molecule has 0 aliphatic carbocycles. The van der Waals surface area contributed by atoms with Crippen molar-refractivity contribution in [2.75, 3.05) is 0 Å². The normalized spacial score (nSPS) is 10.9. The molecule has 4 rings (SSSR count). The van der Waals surface area contributed by atoms with E-state index < -0.39 is 10.8 Å². The second kappa shape index (κ2) is 9.80. The Balaban J connectivity index is 1.38. The fourth-order valence-corrected chi connectivity index (χ4v) is 3.58. The number of nitrogens with zero attached hydrogens (tertiary/aromatic N) is 2. The number of thiocarbonyl (C=S) groups is 1. The quantitative estimate of drug-likeness (QED) is 0.221. The average Bonchev–Trinajstić information content (AvgIpc) is 3.26. The minimum Gasteiger partial charge on any atom is -0.436 e. The van der Waals surface area contributed by atoms with E-state index in [1.54, 1.807) is 6.07 Å². The molecule has 3 aromatic carbocycles. The Morgan fingerprint density at radius 1 is 1.12 bits per heavy atom. The highest BCUT2D eigenvalue weighted by atomic mass is 32.1. The van der Waals surface area contributed by atoms with Gasteiger partial charge in [-0.3, -0.25) is 20.2 Å². The highest BCUT2D eigenvalue weighted by Crippen LogP contribution is 2.27. The van der Waals surface area contributed by atoms with Gasteiger partial charge in [-0.05, 0) is 59.6 Å². The van der Waals surface area contributed by atoms with Crippen LogP contribution in [0, 0.1) is 10.1 Å². The van der Waals surface area contributed by atoms with Crippen molar-refractivity contribution in [2.45, 2.75) is 26.3 Å². The first-order valence-corrected chi connectivity index (χ1v) is 11.0. The van der Waals surface area contributed by atoms with E-state index in [0.29, 0.717) is 18.4 Å². The molecule has 1 amide bonds. The van der Waals surface area contributed by atoms with Gasteiger partial charge in [-0.2, -0.15) is 0 Å². The molecule has 4 aromatic rings. The summed E-state index contributed by atoms with van der Waals surface area (Å²) in [5.74, 6) is 0.314. The third-order valence-corrected chi connectivity index (χ3v) is 5.55. The van der Waals surface area contributed by atoms with Crippen LogP contribution >= 0.6 is 12.2 Å². The number of fused-ring (bicyclic) bond motifs is 1. The van der Waals surface area contributed by atoms with Crippen LogP contribution in [0.15, 0.2) is 71.1 Å². The van der Waals surface area contributed by atoms with Crippen molar-refractivity contribution >= 4 is 40.0 Å². The Morgan fingerprint density at radius 3 is 2.56 bits per heavy atom. The summed E-state index contributed by atoms with van der Waals surface area (Å²) in [4.78, 5) is 27.5. The maximum atomic E-state index is 12.4. The molecule has 0 saturated carbocycles. The summed E-state index contributed by atoms with van der Waals surface area (Å²) in [6, 6.07) is 19.4. The summed E-state index contributed by atoms with van der Waals surface area (Å²) < 4.78 is 5.90. The lowest BCUT2D eigenvalue weighted by atomic mass is 10.0. The highest BCUT2D eigenvalue weighted by molar-refractivity contribution is 7.80. The molecule has 8 nitrogen and oxygen atoms in total. The summed E-state index contributed by atoms with van der Waals surface area (Å²) in [7, 11) is 0. The second-order valence-electron chi connectivity index (χ2n) is 8.01. The number of amides is 1. The molecule has 0 radical (unpaired) electrons. The van der Waals surface area contributed by atoms with E-state index in [0.717, 1.165) is 22.2 Å². The summed E-state index contributed by atoms with van der Waals surface area (Å²) in [5.41, 5.74) is 4.20. The largest absolute Gasteiger partial charge is 0.436 e. The number of nitro benzene ring substituents is 1. The lowest BCUT2D eigenvalue weighted by Gasteiger charge is -2.10. The summed E-state index contributed by atoms with van der Waals surface area (Å²) in [5, 5.41) is 16.6. The smallest absolute Gasteiger partial charge is 0.282 e. The Bertz CT molecular complexity index is 1380. The van der Waals surface area contributed by atoms with Gasteiger partial charge in [0, 0.05) is 18.2 Å². The summed E-state index contributed by atoms with van der Waals surface area (Å²) >= 11 is 5.17.